The first kappa shape index (κ1) is 38.2. The lowest BCUT2D eigenvalue weighted by Gasteiger charge is -2.17. The fourth-order valence-electron chi connectivity index (χ4n) is 7.53. The number of hydrogen-bond donors (Lipinski definition) is 3. The van der Waals surface area contributed by atoms with Crippen molar-refractivity contribution in [2.75, 3.05) is 52.9 Å². The number of aromatic nitrogens is 3. The molecule has 1 saturated carbocycles. The summed E-state index contributed by atoms with van der Waals surface area (Å²) in [5.41, 5.74) is 1.92. The molecule has 0 radical (unpaired) electrons. The highest BCUT2D eigenvalue weighted by atomic mass is 32.2. The van der Waals surface area contributed by atoms with Crippen LogP contribution in [0, 0.1) is 17.8 Å². The van der Waals surface area contributed by atoms with Gasteiger partial charge in [-0.1, -0.05) is 16.7 Å². The van der Waals surface area contributed by atoms with E-state index < -0.39 is 23.9 Å². The second-order valence-electron chi connectivity index (χ2n) is 13.6. The Kier molecular flexibility index (Phi) is 13.6. The molecule has 52 heavy (non-hydrogen) atoms. The number of aliphatic carboxylic acids is 1. The fourth-order valence-corrected chi connectivity index (χ4v) is 9.16. The normalized spacial score (nSPS) is 27.7. The number of carboxylic acids is 1. The van der Waals surface area contributed by atoms with Gasteiger partial charge in [0.1, 0.15) is 5.44 Å². The number of urea groups is 1. The lowest BCUT2D eigenvalue weighted by atomic mass is 10.0. The average molecular weight is 753 g/mol. The van der Waals surface area contributed by atoms with E-state index in [0.29, 0.717) is 76.1 Å². The van der Waals surface area contributed by atoms with Gasteiger partial charge in [-0.05, 0) is 56.3 Å². The van der Waals surface area contributed by atoms with Gasteiger partial charge in [-0.2, -0.15) is 0 Å². The minimum absolute atomic E-state index is 0.0293. The van der Waals surface area contributed by atoms with Crippen molar-refractivity contribution in [1.82, 2.24) is 30.7 Å². The highest BCUT2D eigenvalue weighted by Crippen LogP contribution is 2.53. The summed E-state index contributed by atoms with van der Waals surface area (Å²) >= 11 is 1.68. The summed E-state index contributed by atoms with van der Waals surface area (Å²) in [6, 6.07) is -0.346. The number of nitrogens with one attached hydrogen (secondary N) is 2. The van der Waals surface area contributed by atoms with Crippen LogP contribution in [0.4, 0.5) is 9.59 Å². The molecule has 18 nitrogen and oxygen atoms in total. The number of fused-ring (bicyclic) bond motifs is 3. The first-order valence-corrected chi connectivity index (χ1v) is 19.1. The Morgan fingerprint density at radius 2 is 1.52 bits per heavy atom. The van der Waals surface area contributed by atoms with Crippen LogP contribution in [0.1, 0.15) is 62.8 Å². The molecule has 3 unspecified atom stereocenters. The van der Waals surface area contributed by atoms with Crippen molar-refractivity contribution in [3.8, 4) is 0 Å². The van der Waals surface area contributed by atoms with E-state index in [0.717, 1.165) is 49.9 Å². The van der Waals surface area contributed by atoms with Crippen LogP contribution >= 0.6 is 11.8 Å². The predicted octanol–water partition coefficient (Wildman–Crippen LogP) is 1.44. The Bertz CT molecular complexity index is 1420. The van der Waals surface area contributed by atoms with Gasteiger partial charge in [0, 0.05) is 24.5 Å². The fraction of sp³-hybridized carbons (Fsp3) is 0.788. The van der Waals surface area contributed by atoms with Crippen molar-refractivity contribution >= 4 is 41.7 Å². The number of imide groups is 1. The second-order valence-corrected chi connectivity index (χ2v) is 14.9. The van der Waals surface area contributed by atoms with Gasteiger partial charge in [0.2, 0.25) is 0 Å². The first-order chi connectivity index (χ1) is 25.3. The molecule has 3 aliphatic heterocycles. The van der Waals surface area contributed by atoms with E-state index in [2.05, 4.69) is 20.9 Å². The smallest absolute Gasteiger partial charge is 0.481 e. The van der Waals surface area contributed by atoms with Crippen molar-refractivity contribution < 1.29 is 57.6 Å². The Labute approximate surface area is 305 Å². The molecule has 1 aromatic rings. The maximum atomic E-state index is 12.0. The third-order valence-electron chi connectivity index (χ3n) is 10.2. The van der Waals surface area contributed by atoms with Gasteiger partial charge in [-0.15, -0.1) is 16.9 Å². The van der Waals surface area contributed by atoms with Crippen LogP contribution in [0.3, 0.4) is 0 Å². The SMILES string of the molecule is O=C(O)CCCC[C@@H]1S[C@H](OCCOCCOCCOCCn2nnc3c2CCC2C(CC3)C2COC(=O)ON2C(=O)CCC2=O)[C@@H]2NC(=O)N[C@@H]21. The number of carboxylic acid groups (broad SMARTS) is 1. The number of carbonyl (C=O) groups is 5. The minimum Gasteiger partial charge on any atom is -0.481 e. The molecular formula is C33H48N6O12S. The molecule has 6 rings (SSSR count). The topological polar surface area (TPSA) is 219 Å². The number of rotatable bonds is 21. The third-order valence-corrected chi connectivity index (χ3v) is 11.8. The molecular weight excluding hydrogens is 704 g/mol. The summed E-state index contributed by atoms with van der Waals surface area (Å²) < 4.78 is 30.2. The van der Waals surface area contributed by atoms with E-state index in [1.54, 1.807) is 11.8 Å². The summed E-state index contributed by atoms with van der Waals surface area (Å²) in [5.74, 6) is -0.809. The zero-order valence-electron chi connectivity index (χ0n) is 29.1. The third kappa shape index (κ3) is 10.1. The predicted molar refractivity (Wildman–Crippen MR) is 180 cm³/mol. The number of unbranched alkanes of at least 4 members (excludes halogenated alkanes) is 1. The molecule has 5 aliphatic rings. The van der Waals surface area contributed by atoms with Crippen molar-refractivity contribution in [2.24, 2.45) is 17.8 Å². The summed E-state index contributed by atoms with van der Waals surface area (Å²) in [4.78, 5) is 62.8. The number of amides is 4. The highest BCUT2D eigenvalue weighted by molar-refractivity contribution is 8.00. The molecule has 7 atom stereocenters. The summed E-state index contributed by atoms with van der Waals surface area (Å²) in [5, 5.41) is 24.2. The number of hydroxylamine groups is 2. The second kappa shape index (κ2) is 18.5. The minimum atomic E-state index is -1.03. The number of nitrogens with zero attached hydrogens (tertiary/aromatic N) is 4. The van der Waals surface area contributed by atoms with Gasteiger partial charge in [-0.3, -0.25) is 19.2 Å². The van der Waals surface area contributed by atoms with Crippen LogP contribution in [0.25, 0.3) is 0 Å². The van der Waals surface area contributed by atoms with Gasteiger partial charge in [0.05, 0.1) is 82.9 Å². The Morgan fingerprint density at radius 1 is 0.846 bits per heavy atom. The van der Waals surface area contributed by atoms with Crippen molar-refractivity contribution in [3.05, 3.63) is 11.4 Å². The lowest BCUT2D eigenvalue weighted by Crippen LogP contribution is -2.40. The molecule has 2 aliphatic carbocycles. The van der Waals surface area contributed by atoms with Crippen LogP contribution in [-0.2, 0) is 62.3 Å². The maximum Gasteiger partial charge on any atom is 0.533 e. The van der Waals surface area contributed by atoms with E-state index in [1.165, 1.54) is 0 Å². The Hall–Kier alpha value is -3.52. The standard InChI is InChI=1S/C33H48N6O12S/c40-26-9-10-27(41)39(26)51-33(45)50-19-22-20-5-7-23-24(8-6-21(20)22)38(37-36-23)11-12-46-13-14-47-15-16-48-17-18-49-31-30-29(34-32(44)35-30)25(52-31)3-1-2-4-28(42)43/h20-22,25,29-31H,1-19H2,(H,42,43)(H2,34,35,44)/t20?,21?,22?,25-,29+,30+,31-/m0/s1. The molecule has 19 heteroatoms. The zero-order chi connectivity index (χ0) is 36.5. The summed E-state index contributed by atoms with van der Waals surface area (Å²) in [6.07, 6.45) is 4.89. The number of hydrogen-bond acceptors (Lipinski definition) is 14. The number of ether oxygens (including phenoxy) is 5. The van der Waals surface area contributed by atoms with Gasteiger partial charge in [-0.25, -0.2) is 14.3 Å². The van der Waals surface area contributed by atoms with E-state index in [9.17, 15) is 24.0 Å². The van der Waals surface area contributed by atoms with Gasteiger partial charge >= 0.3 is 18.2 Å². The Morgan fingerprint density at radius 3 is 2.25 bits per heavy atom. The average Bonchev–Trinajstić information content (AvgIpc) is 3.46. The number of carbonyl (C=O) groups excluding carboxylic acids is 4. The highest BCUT2D eigenvalue weighted by Gasteiger charge is 2.51. The Balaban J connectivity index is 0.773. The lowest BCUT2D eigenvalue weighted by molar-refractivity contribution is -0.177. The largest absolute Gasteiger partial charge is 0.533 e. The van der Waals surface area contributed by atoms with E-state index in [1.807, 2.05) is 4.68 Å². The van der Waals surface area contributed by atoms with Crippen LogP contribution in [0.2, 0.25) is 0 Å². The van der Waals surface area contributed by atoms with Gasteiger partial charge in [0.15, 0.2) is 0 Å². The number of aryl methyl sites for hydroxylation is 1. The van der Waals surface area contributed by atoms with Crippen LogP contribution in [-0.4, -0.2) is 131 Å². The molecule has 3 N–H and O–H groups in total. The van der Waals surface area contributed by atoms with Crippen molar-refractivity contribution in [1.29, 1.82) is 0 Å². The first-order valence-electron chi connectivity index (χ1n) is 18.2. The zero-order valence-corrected chi connectivity index (χ0v) is 29.9. The quantitative estimate of drug-likeness (QED) is 0.0700. The van der Waals surface area contributed by atoms with Crippen molar-refractivity contribution in [2.45, 2.75) is 93.5 Å². The van der Waals surface area contributed by atoms with Crippen LogP contribution < -0.4 is 10.6 Å². The molecule has 0 bridgehead atoms. The molecule has 1 aromatic heterocycles. The summed E-state index contributed by atoms with van der Waals surface area (Å²) in [6.45, 7) is 3.75. The molecule has 4 fully saturated rings. The molecule has 288 valence electrons. The van der Waals surface area contributed by atoms with Crippen molar-refractivity contribution in [3.63, 3.8) is 0 Å². The molecule has 4 amide bonds. The van der Waals surface area contributed by atoms with Crippen LogP contribution in [0.5, 0.6) is 0 Å². The monoisotopic (exact) mass is 752 g/mol. The molecule has 0 aromatic carbocycles. The summed E-state index contributed by atoms with van der Waals surface area (Å²) in [7, 11) is 0. The van der Waals surface area contributed by atoms with E-state index in [-0.39, 0.29) is 60.6 Å². The molecule has 4 heterocycles. The molecule has 0 spiro atoms. The van der Waals surface area contributed by atoms with Crippen LogP contribution in [0.15, 0.2) is 0 Å². The maximum absolute atomic E-state index is 12.0. The van der Waals surface area contributed by atoms with Gasteiger partial charge < -0.3 is 39.4 Å². The van der Waals surface area contributed by atoms with E-state index in [4.69, 9.17) is 33.6 Å². The molecule has 3 saturated heterocycles. The van der Waals surface area contributed by atoms with Gasteiger partial charge in [0.25, 0.3) is 11.8 Å². The van der Waals surface area contributed by atoms with E-state index >= 15 is 0 Å². The number of thioether (sulfide) groups is 1.